The molecule has 0 unspecified atom stereocenters. The number of hydrogen-bond donors (Lipinski definition) is 0. The summed E-state index contributed by atoms with van der Waals surface area (Å²) in [6, 6.07) is 6.08. The molecule has 0 bridgehead atoms. The van der Waals surface area contributed by atoms with E-state index in [1.54, 1.807) is 0 Å². The van der Waals surface area contributed by atoms with Crippen LogP contribution in [0.4, 0.5) is 0 Å². The van der Waals surface area contributed by atoms with Crippen molar-refractivity contribution in [2.45, 2.75) is 33.2 Å². The number of aryl methyl sites for hydroxylation is 2. The number of aromatic nitrogens is 2. The molecular weight excluding hydrogens is 304 g/mol. The SMILES string of the molecule is CCCCn1cc(C=O)c(-c2cc(C)cc(Br)c2)n1. The number of hydrogen-bond acceptors (Lipinski definition) is 2. The first-order valence-corrected chi connectivity index (χ1v) is 7.23. The molecule has 1 heterocycles. The smallest absolute Gasteiger partial charge is 0.153 e. The summed E-state index contributed by atoms with van der Waals surface area (Å²) in [6.45, 7) is 5.02. The number of aldehydes is 1. The third kappa shape index (κ3) is 3.32. The van der Waals surface area contributed by atoms with Crippen LogP contribution in [0.2, 0.25) is 0 Å². The lowest BCUT2D eigenvalue weighted by Crippen LogP contribution is -1.98. The van der Waals surface area contributed by atoms with Crippen molar-refractivity contribution in [3.05, 3.63) is 40.0 Å². The topological polar surface area (TPSA) is 34.9 Å². The van der Waals surface area contributed by atoms with Crippen molar-refractivity contribution in [3.63, 3.8) is 0 Å². The lowest BCUT2D eigenvalue weighted by atomic mass is 10.1. The first-order valence-electron chi connectivity index (χ1n) is 6.44. The quantitative estimate of drug-likeness (QED) is 0.772. The van der Waals surface area contributed by atoms with Gasteiger partial charge in [-0.05, 0) is 37.1 Å². The number of nitrogens with zero attached hydrogens (tertiary/aromatic N) is 2. The average molecular weight is 321 g/mol. The highest BCUT2D eigenvalue weighted by atomic mass is 79.9. The Morgan fingerprint density at radius 3 is 2.79 bits per heavy atom. The van der Waals surface area contributed by atoms with Crippen LogP contribution in [0.25, 0.3) is 11.3 Å². The van der Waals surface area contributed by atoms with Crippen LogP contribution in [0.1, 0.15) is 35.7 Å². The maximum Gasteiger partial charge on any atom is 0.153 e. The van der Waals surface area contributed by atoms with Crippen LogP contribution in [-0.4, -0.2) is 16.1 Å². The average Bonchev–Trinajstić information content (AvgIpc) is 2.78. The van der Waals surface area contributed by atoms with Crippen LogP contribution < -0.4 is 0 Å². The summed E-state index contributed by atoms with van der Waals surface area (Å²) in [6.07, 6.45) is 4.88. The molecule has 100 valence electrons. The minimum Gasteiger partial charge on any atom is -0.298 e. The second-order valence-corrected chi connectivity index (χ2v) is 5.60. The fourth-order valence-corrected chi connectivity index (χ4v) is 2.66. The molecule has 3 nitrogen and oxygen atoms in total. The summed E-state index contributed by atoms with van der Waals surface area (Å²) in [5.74, 6) is 0. The van der Waals surface area contributed by atoms with Crippen molar-refractivity contribution in [3.8, 4) is 11.3 Å². The van der Waals surface area contributed by atoms with Gasteiger partial charge in [-0.15, -0.1) is 0 Å². The second-order valence-electron chi connectivity index (χ2n) is 4.68. The molecule has 0 aliphatic heterocycles. The lowest BCUT2D eigenvalue weighted by Gasteiger charge is -2.02. The van der Waals surface area contributed by atoms with E-state index in [0.29, 0.717) is 5.56 Å². The van der Waals surface area contributed by atoms with Gasteiger partial charge >= 0.3 is 0 Å². The van der Waals surface area contributed by atoms with Gasteiger partial charge in [0.2, 0.25) is 0 Å². The van der Waals surface area contributed by atoms with E-state index in [0.717, 1.165) is 47.0 Å². The van der Waals surface area contributed by atoms with E-state index < -0.39 is 0 Å². The van der Waals surface area contributed by atoms with Crippen LogP contribution in [0, 0.1) is 6.92 Å². The maximum absolute atomic E-state index is 11.2. The Hall–Kier alpha value is -1.42. The van der Waals surface area contributed by atoms with Gasteiger partial charge in [-0.3, -0.25) is 9.48 Å². The molecule has 4 heteroatoms. The zero-order valence-corrected chi connectivity index (χ0v) is 12.8. The number of unbranched alkanes of at least 4 members (excludes halogenated alkanes) is 1. The first kappa shape index (κ1) is 14.0. The van der Waals surface area contributed by atoms with Crippen LogP contribution in [0.15, 0.2) is 28.9 Å². The van der Waals surface area contributed by atoms with E-state index in [9.17, 15) is 4.79 Å². The molecule has 1 aromatic heterocycles. The van der Waals surface area contributed by atoms with Crippen molar-refractivity contribution in [1.82, 2.24) is 9.78 Å². The van der Waals surface area contributed by atoms with Gasteiger partial charge in [0, 0.05) is 22.8 Å². The van der Waals surface area contributed by atoms with Crippen LogP contribution in [0.3, 0.4) is 0 Å². The van der Waals surface area contributed by atoms with E-state index in [2.05, 4.69) is 28.0 Å². The van der Waals surface area contributed by atoms with E-state index in [-0.39, 0.29) is 0 Å². The van der Waals surface area contributed by atoms with E-state index in [1.165, 1.54) is 0 Å². The highest BCUT2D eigenvalue weighted by molar-refractivity contribution is 9.10. The summed E-state index contributed by atoms with van der Waals surface area (Å²) < 4.78 is 2.86. The van der Waals surface area contributed by atoms with Gasteiger partial charge in [0.05, 0.1) is 5.56 Å². The predicted molar refractivity (Wildman–Crippen MR) is 80.4 cm³/mol. The molecule has 0 radical (unpaired) electrons. The summed E-state index contributed by atoms with van der Waals surface area (Å²) in [5.41, 5.74) is 3.53. The second kappa shape index (κ2) is 6.15. The minimum atomic E-state index is 0.647. The number of carbonyl (C=O) groups excluding carboxylic acids is 1. The minimum absolute atomic E-state index is 0.647. The zero-order chi connectivity index (χ0) is 13.8. The lowest BCUT2D eigenvalue weighted by molar-refractivity contribution is 0.112. The van der Waals surface area contributed by atoms with Crippen molar-refractivity contribution in [2.24, 2.45) is 0 Å². The number of halogens is 1. The zero-order valence-electron chi connectivity index (χ0n) is 11.2. The van der Waals surface area contributed by atoms with Gasteiger partial charge in [0.15, 0.2) is 6.29 Å². The van der Waals surface area contributed by atoms with Crippen LogP contribution in [-0.2, 0) is 6.54 Å². The first-order chi connectivity index (χ1) is 9.13. The van der Waals surface area contributed by atoms with E-state index in [1.807, 2.05) is 36.0 Å². The van der Waals surface area contributed by atoms with Crippen molar-refractivity contribution in [1.29, 1.82) is 0 Å². The van der Waals surface area contributed by atoms with Gasteiger partial charge in [0.1, 0.15) is 5.69 Å². The summed E-state index contributed by atoms with van der Waals surface area (Å²) in [7, 11) is 0. The fraction of sp³-hybridized carbons (Fsp3) is 0.333. The molecule has 0 saturated carbocycles. The highest BCUT2D eigenvalue weighted by Gasteiger charge is 2.11. The van der Waals surface area contributed by atoms with Gasteiger partial charge in [-0.1, -0.05) is 29.3 Å². The number of benzene rings is 1. The molecule has 0 saturated heterocycles. The Balaban J connectivity index is 2.42. The molecule has 0 N–H and O–H groups in total. The van der Waals surface area contributed by atoms with E-state index >= 15 is 0 Å². The van der Waals surface area contributed by atoms with Gasteiger partial charge < -0.3 is 0 Å². The van der Waals surface area contributed by atoms with Crippen molar-refractivity contribution >= 4 is 22.2 Å². The summed E-state index contributed by atoms with van der Waals surface area (Å²) in [4.78, 5) is 11.2. The third-order valence-corrected chi connectivity index (χ3v) is 3.43. The maximum atomic E-state index is 11.2. The Labute approximate surface area is 121 Å². The molecule has 0 aliphatic rings. The molecule has 0 atom stereocenters. The normalized spacial score (nSPS) is 10.7. The fourth-order valence-electron chi connectivity index (χ4n) is 2.06. The Bertz CT molecular complexity index is 570. The molecular formula is C15H17BrN2O. The van der Waals surface area contributed by atoms with Gasteiger partial charge in [0.25, 0.3) is 0 Å². The third-order valence-electron chi connectivity index (χ3n) is 2.97. The van der Waals surface area contributed by atoms with Crippen LogP contribution in [0.5, 0.6) is 0 Å². The largest absolute Gasteiger partial charge is 0.298 e. The molecule has 19 heavy (non-hydrogen) atoms. The molecule has 1 aromatic carbocycles. The van der Waals surface area contributed by atoms with Crippen molar-refractivity contribution < 1.29 is 4.79 Å². The summed E-state index contributed by atoms with van der Waals surface area (Å²) >= 11 is 3.48. The van der Waals surface area contributed by atoms with Gasteiger partial charge in [-0.25, -0.2) is 0 Å². The molecule has 0 spiro atoms. The molecule has 2 rings (SSSR count). The van der Waals surface area contributed by atoms with Gasteiger partial charge in [-0.2, -0.15) is 5.10 Å². The highest BCUT2D eigenvalue weighted by Crippen LogP contribution is 2.26. The summed E-state index contributed by atoms with van der Waals surface area (Å²) in [5, 5.41) is 4.54. The van der Waals surface area contributed by atoms with E-state index in [4.69, 9.17) is 0 Å². The number of carbonyl (C=O) groups is 1. The monoisotopic (exact) mass is 320 g/mol. The van der Waals surface area contributed by atoms with Crippen LogP contribution >= 0.6 is 15.9 Å². The Morgan fingerprint density at radius 2 is 2.16 bits per heavy atom. The Kier molecular flexibility index (Phi) is 4.53. The Morgan fingerprint density at radius 1 is 1.37 bits per heavy atom. The molecule has 0 fully saturated rings. The molecule has 0 amide bonds. The molecule has 2 aromatic rings. The number of rotatable bonds is 5. The standard InChI is InChI=1S/C15H17BrN2O/c1-3-4-5-18-9-13(10-19)15(17-18)12-6-11(2)7-14(16)8-12/h6-10H,3-5H2,1-2H3. The van der Waals surface area contributed by atoms with Crippen molar-refractivity contribution in [2.75, 3.05) is 0 Å². The predicted octanol–water partition coefficient (Wildman–Crippen LogP) is 4.23. The molecule has 0 aliphatic carbocycles.